The topological polar surface area (TPSA) is 49.6 Å². The molecule has 1 saturated heterocycles. The van der Waals surface area contributed by atoms with Gasteiger partial charge in [-0.3, -0.25) is 0 Å². The van der Waals surface area contributed by atoms with Crippen molar-refractivity contribution in [1.29, 1.82) is 0 Å². The number of amides is 2. The summed E-state index contributed by atoms with van der Waals surface area (Å²) in [4.78, 5) is 16.5. The highest BCUT2D eigenvalue weighted by Gasteiger charge is 2.34. The molecule has 0 bridgehead atoms. The average Bonchev–Trinajstić information content (AvgIpc) is 2.69. The second kappa shape index (κ2) is 6.98. The molecule has 0 spiro atoms. The second-order valence-corrected chi connectivity index (χ2v) is 5.38. The fourth-order valence-electron chi connectivity index (χ4n) is 2.83. The van der Waals surface area contributed by atoms with Gasteiger partial charge in [-0.15, -0.1) is 0 Å². The number of hydrogen-bond donors (Lipinski definition) is 1. The van der Waals surface area contributed by atoms with E-state index in [-0.39, 0.29) is 11.6 Å². The van der Waals surface area contributed by atoms with Gasteiger partial charge in [-0.2, -0.15) is 0 Å². The summed E-state index contributed by atoms with van der Waals surface area (Å²) in [5.74, 6) is 0. The van der Waals surface area contributed by atoms with Crippen molar-refractivity contribution in [1.82, 2.24) is 9.80 Å². The van der Waals surface area contributed by atoms with Crippen LogP contribution in [0.1, 0.15) is 52.4 Å². The van der Waals surface area contributed by atoms with Crippen LogP contribution in [0.25, 0.3) is 0 Å². The van der Waals surface area contributed by atoms with Crippen LogP contribution in [-0.4, -0.2) is 48.1 Å². The van der Waals surface area contributed by atoms with Crippen molar-refractivity contribution in [3.63, 3.8) is 0 Å². The second-order valence-electron chi connectivity index (χ2n) is 5.38. The summed E-state index contributed by atoms with van der Waals surface area (Å²) in [5.41, 5.74) is 5.74. The molecule has 2 N–H and O–H groups in total. The van der Waals surface area contributed by atoms with Gasteiger partial charge in [0.15, 0.2) is 0 Å². The van der Waals surface area contributed by atoms with Gasteiger partial charge in [0.25, 0.3) is 0 Å². The van der Waals surface area contributed by atoms with Gasteiger partial charge in [-0.25, -0.2) is 4.79 Å². The van der Waals surface area contributed by atoms with Crippen LogP contribution in [-0.2, 0) is 0 Å². The van der Waals surface area contributed by atoms with E-state index in [4.69, 9.17) is 5.73 Å². The molecule has 2 amide bonds. The van der Waals surface area contributed by atoms with Gasteiger partial charge in [-0.05, 0) is 25.7 Å². The van der Waals surface area contributed by atoms with Crippen molar-refractivity contribution in [3.05, 3.63) is 0 Å². The summed E-state index contributed by atoms with van der Waals surface area (Å²) >= 11 is 0. The Kier molecular flexibility index (Phi) is 5.93. The summed E-state index contributed by atoms with van der Waals surface area (Å²) in [6.07, 6.45) is 6.58. The van der Waals surface area contributed by atoms with E-state index in [9.17, 15) is 4.79 Å². The Morgan fingerprint density at radius 2 is 1.67 bits per heavy atom. The molecule has 0 saturated carbocycles. The Balaban J connectivity index is 2.74. The van der Waals surface area contributed by atoms with E-state index in [1.165, 1.54) is 12.8 Å². The smallest absolute Gasteiger partial charge is 0.320 e. The van der Waals surface area contributed by atoms with Gasteiger partial charge in [0.1, 0.15) is 0 Å². The summed E-state index contributed by atoms with van der Waals surface area (Å²) < 4.78 is 0. The molecule has 0 atom stereocenters. The molecule has 1 aliphatic rings. The van der Waals surface area contributed by atoms with Crippen LogP contribution in [0.2, 0.25) is 0 Å². The van der Waals surface area contributed by atoms with E-state index in [0.29, 0.717) is 6.54 Å². The molecular weight excluding hydrogens is 226 g/mol. The highest BCUT2D eigenvalue weighted by molar-refractivity contribution is 5.75. The molecule has 1 rings (SSSR count). The molecule has 1 heterocycles. The van der Waals surface area contributed by atoms with E-state index < -0.39 is 0 Å². The third kappa shape index (κ3) is 3.16. The molecule has 1 fully saturated rings. The number of likely N-dealkylation sites (N-methyl/N-ethyl adjacent to an activating group) is 1. The monoisotopic (exact) mass is 255 g/mol. The van der Waals surface area contributed by atoms with Gasteiger partial charge < -0.3 is 15.5 Å². The van der Waals surface area contributed by atoms with Crippen LogP contribution < -0.4 is 5.73 Å². The number of rotatable bonds is 4. The Bertz CT molecular complexity index is 248. The van der Waals surface area contributed by atoms with Crippen molar-refractivity contribution < 1.29 is 4.79 Å². The molecule has 106 valence electrons. The molecule has 4 heteroatoms. The summed E-state index contributed by atoms with van der Waals surface area (Å²) in [7, 11) is 1.91. The van der Waals surface area contributed by atoms with Crippen molar-refractivity contribution in [2.24, 2.45) is 5.73 Å². The van der Waals surface area contributed by atoms with Crippen LogP contribution in [0.15, 0.2) is 0 Å². The first-order chi connectivity index (χ1) is 8.61. The predicted octanol–water partition coefficient (Wildman–Crippen LogP) is 2.43. The number of likely N-dealkylation sites (tertiary alicyclic amines) is 1. The van der Waals surface area contributed by atoms with Gasteiger partial charge in [0.2, 0.25) is 0 Å². The summed E-state index contributed by atoms with van der Waals surface area (Å²) in [6.45, 7) is 6.57. The van der Waals surface area contributed by atoms with Gasteiger partial charge in [-0.1, -0.05) is 26.7 Å². The molecule has 0 radical (unpaired) electrons. The molecule has 0 aliphatic carbocycles. The first-order valence-corrected chi connectivity index (χ1v) is 7.34. The lowest BCUT2D eigenvalue weighted by Crippen LogP contribution is -2.57. The Hall–Kier alpha value is -0.770. The van der Waals surface area contributed by atoms with Crippen LogP contribution in [0, 0.1) is 0 Å². The number of nitrogens with two attached hydrogens (primary N) is 1. The molecule has 0 unspecified atom stereocenters. The zero-order valence-electron chi connectivity index (χ0n) is 12.2. The van der Waals surface area contributed by atoms with Crippen molar-refractivity contribution in [2.75, 3.05) is 26.7 Å². The Labute approximate surface area is 111 Å². The average molecular weight is 255 g/mol. The van der Waals surface area contributed by atoms with Crippen molar-refractivity contribution in [3.8, 4) is 0 Å². The maximum atomic E-state index is 12.6. The van der Waals surface area contributed by atoms with Crippen LogP contribution in [0.3, 0.4) is 0 Å². The van der Waals surface area contributed by atoms with E-state index in [0.717, 1.165) is 38.8 Å². The normalized spacial score (nSPS) is 17.4. The highest BCUT2D eigenvalue weighted by atomic mass is 16.2. The highest BCUT2D eigenvalue weighted by Crippen LogP contribution is 2.23. The molecule has 4 nitrogen and oxygen atoms in total. The van der Waals surface area contributed by atoms with E-state index in [1.54, 1.807) is 0 Å². The number of nitrogens with zero attached hydrogens (tertiary/aromatic N) is 2. The summed E-state index contributed by atoms with van der Waals surface area (Å²) in [5, 5.41) is 0. The minimum absolute atomic E-state index is 0.158. The molecule has 0 aromatic heterocycles. The lowest BCUT2D eigenvalue weighted by Gasteiger charge is -2.42. The fourth-order valence-corrected chi connectivity index (χ4v) is 2.83. The molecule has 0 aromatic rings. The van der Waals surface area contributed by atoms with E-state index in [2.05, 4.69) is 13.8 Å². The van der Waals surface area contributed by atoms with E-state index in [1.807, 2.05) is 16.8 Å². The first kappa shape index (κ1) is 15.3. The number of hydrogen-bond acceptors (Lipinski definition) is 2. The Morgan fingerprint density at radius 1 is 1.17 bits per heavy atom. The maximum absolute atomic E-state index is 12.6. The van der Waals surface area contributed by atoms with Crippen molar-refractivity contribution in [2.45, 2.75) is 57.9 Å². The van der Waals surface area contributed by atoms with Crippen LogP contribution >= 0.6 is 0 Å². The van der Waals surface area contributed by atoms with Crippen LogP contribution in [0.4, 0.5) is 4.79 Å². The molecule has 1 aliphatic heterocycles. The maximum Gasteiger partial charge on any atom is 0.320 e. The third-order valence-electron chi connectivity index (χ3n) is 4.57. The van der Waals surface area contributed by atoms with Crippen molar-refractivity contribution >= 4 is 6.03 Å². The molecule has 18 heavy (non-hydrogen) atoms. The van der Waals surface area contributed by atoms with Crippen LogP contribution in [0.5, 0.6) is 0 Å². The predicted molar refractivity (Wildman–Crippen MR) is 75.6 cm³/mol. The fraction of sp³-hybridized carbons (Fsp3) is 0.929. The molecule has 0 aromatic carbocycles. The minimum atomic E-state index is -0.177. The summed E-state index contributed by atoms with van der Waals surface area (Å²) in [6, 6.07) is 0.158. The zero-order valence-corrected chi connectivity index (χ0v) is 12.2. The largest absolute Gasteiger partial charge is 0.328 e. The number of carbonyl (C=O) groups excluding carboxylic acids is 1. The lowest BCUT2D eigenvalue weighted by molar-refractivity contribution is 0.100. The lowest BCUT2D eigenvalue weighted by atomic mass is 9.91. The third-order valence-corrected chi connectivity index (χ3v) is 4.57. The SMILES string of the molecule is CCC(CC)(CN)N(C)C(=O)N1CCCCCC1. The zero-order chi connectivity index (χ0) is 13.6. The van der Waals surface area contributed by atoms with Gasteiger partial charge >= 0.3 is 6.03 Å². The standard InChI is InChI=1S/C14H29N3O/c1-4-14(5-2,12-15)16(3)13(18)17-10-8-6-7-9-11-17/h4-12,15H2,1-3H3. The minimum Gasteiger partial charge on any atom is -0.328 e. The quantitative estimate of drug-likeness (QED) is 0.838. The number of carbonyl (C=O) groups is 1. The number of urea groups is 1. The molecular formula is C14H29N3O. The van der Waals surface area contributed by atoms with E-state index >= 15 is 0 Å². The Morgan fingerprint density at radius 3 is 2.06 bits per heavy atom. The first-order valence-electron chi connectivity index (χ1n) is 7.34. The van der Waals surface area contributed by atoms with Gasteiger partial charge in [0, 0.05) is 26.7 Å². The van der Waals surface area contributed by atoms with Gasteiger partial charge in [0.05, 0.1) is 5.54 Å².